The second kappa shape index (κ2) is 5.39. The van der Waals surface area contributed by atoms with Gasteiger partial charge in [-0.15, -0.1) is 0 Å². The van der Waals surface area contributed by atoms with Gasteiger partial charge in [0.1, 0.15) is 0 Å². The summed E-state index contributed by atoms with van der Waals surface area (Å²) in [7, 11) is 0. The lowest BCUT2D eigenvalue weighted by molar-refractivity contribution is -0.131. The zero-order chi connectivity index (χ0) is 11.2. The molecule has 5 heteroatoms. The number of rotatable bonds is 5. The maximum Gasteiger partial charge on any atom is 0.328 e. The van der Waals surface area contributed by atoms with Gasteiger partial charge in [0, 0.05) is 24.3 Å². The molecular formula is C9H15NO4. The molecule has 0 heterocycles. The van der Waals surface area contributed by atoms with Crippen LogP contribution in [0.5, 0.6) is 0 Å². The molecule has 0 aromatic carbocycles. The standard InChI is InChI=1S/C9H15NO4/c1-9(2,5-6-11)10-7(12)3-4-8(13)14/h3-4,11H,5-6H2,1-2H3,(H,10,12)(H,13,14)/b4-3+. The predicted molar refractivity (Wildman–Crippen MR) is 50.7 cm³/mol. The fourth-order valence-electron chi connectivity index (χ4n) is 0.864. The molecule has 14 heavy (non-hydrogen) atoms. The van der Waals surface area contributed by atoms with E-state index in [-0.39, 0.29) is 6.61 Å². The van der Waals surface area contributed by atoms with Crippen LogP contribution in [0.15, 0.2) is 12.2 Å². The number of aliphatic hydroxyl groups is 1. The molecule has 0 aliphatic heterocycles. The van der Waals surface area contributed by atoms with E-state index < -0.39 is 17.4 Å². The van der Waals surface area contributed by atoms with Gasteiger partial charge in [-0.3, -0.25) is 4.79 Å². The first-order chi connectivity index (χ1) is 6.37. The quantitative estimate of drug-likeness (QED) is 0.542. The molecule has 0 unspecified atom stereocenters. The number of hydrogen-bond acceptors (Lipinski definition) is 3. The summed E-state index contributed by atoms with van der Waals surface area (Å²) in [5.74, 6) is -1.65. The normalized spacial score (nSPS) is 11.6. The van der Waals surface area contributed by atoms with Gasteiger partial charge in [0.15, 0.2) is 0 Å². The number of aliphatic hydroxyl groups excluding tert-OH is 1. The van der Waals surface area contributed by atoms with Crippen molar-refractivity contribution < 1.29 is 19.8 Å². The third-order valence-corrected chi connectivity index (χ3v) is 1.58. The van der Waals surface area contributed by atoms with Gasteiger partial charge in [-0.05, 0) is 20.3 Å². The Balaban J connectivity index is 4.11. The Labute approximate surface area is 82.4 Å². The number of carbonyl (C=O) groups excluding carboxylic acids is 1. The summed E-state index contributed by atoms with van der Waals surface area (Å²) in [6.45, 7) is 3.46. The van der Waals surface area contributed by atoms with E-state index in [9.17, 15) is 9.59 Å². The number of carboxylic acid groups (broad SMARTS) is 1. The summed E-state index contributed by atoms with van der Waals surface area (Å²) in [6.07, 6.45) is 2.13. The van der Waals surface area contributed by atoms with Gasteiger partial charge in [0.05, 0.1) is 0 Å². The van der Waals surface area contributed by atoms with Crippen LogP contribution in [0.4, 0.5) is 0 Å². The van der Waals surface area contributed by atoms with Crippen molar-refractivity contribution in [1.82, 2.24) is 5.32 Å². The SMILES string of the molecule is CC(C)(CCO)NC(=O)/C=C/C(=O)O. The van der Waals surface area contributed by atoms with Gasteiger partial charge in [0.2, 0.25) is 5.91 Å². The molecule has 0 aromatic heterocycles. The zero-order valence-electron chi connectivity index (χ0n) is 8.28. The van der Waals surface area contributed by atoms with E-state index in [0.29, 0.717) is 6.42 Å². The summed E-state index contributed by atoms with van der Waals surface area (Å²) in [4.78, 5) is 21.2. The highest BCUT2D eigenvalue weighted by molar-refractivity contribution is 5.94. The summed E-state index contributed by atoms with van der Waals surface area (Å²) in [5, 5.41) is 19.5. The second-order valence-electron chi connectivity index (χ2n) is 3.52. The van der Waals surface area contributed by atoms with Crippen molar-refractivity contribution in [3.05, 3.63) is 12.2 Å². The van der Waals surface area contributed by atoms with Crippen LogP contribution in [0.25, 0.3) is 0 Å². The third kappa shape index (κ3) is 6.19. The van der Waals surface area contributed by atoms with Crippen LogP contribution in [0.3, 0.4) is 0 Å². The van der Waals surface area contributed by atoms with Crippen molar-refractivity contribution in [2.45, 2.75) is 25.8 Å². The van der Waals surface area contributed by atoms with Crippen LogP contribution in [0.1, 0.15) is 20.3 Å². The molecule has 0 fully saturated rings. The van der Waals surface area contributed by atoms with Gasteiger partial charge in [-0.25, -0.2) is 4.79 Å². The van der Waals surface area contributed by atoms with Crippen LogP contribution in [-0.2, 0) is 9.59 Å². The second-order valence-corrected chi connectivity index (χ2v) is 3.52. The van der Waals surface area contributed by atoms with Crippen LogP contribution in [-0.4, -0.2) is 34.2 Å². The average Bonchev–Trinajstić information content (AvgIpc) is 1.99. The smallest absolute Gasteiger partial charge is 0.328 e. The van der Waals surface area contributed by atoms with E-state index >= 15 is 0 Å². The predicted octanol–water partition coefficient (Wildman–Crippen LogP) is -0.0956. The van der Waals surface area contributed by atoms with Crippen molar-refractivity contribution in [3.8, 4) is 0 Å². The van der Waals surface area contributed by atoms with E-state index in [0.717, 1.165) is 12.2 Å². The van der Waals surface area contributed by atoms with Gasteiger partial charge in [-0.2, -0.15) is 0 Å². The van der Waals surface area contributed by atoms with Crippen LogP contribution >= 0.6 is 0 Å². The lowest BCUT2D eigenvalue weighted by Gasteiger charge is -2.24. The molecule has 0 saturated carbocycles. The number of carbonyl (C=O) groups is 2. The fraction of sp³-hybridized carbons (Fsp3) is 0.556. The van der Waals surface area contributed by atoms with Crippen molar-refractivity contribution in [3.63, 3.8) is 0 Å². The molecule has 3 N–H and O–H groups in total. The molecule has 80 valence electrons. The largest absolute Gasteiger partial charge is 0.478 e. The van der Waals surface area contributed by atoms with E-state index in [4.69, 9.17) is 10.2 Å². The molecule has 1 amide bonds. The first-order valence-electron chi connectivity index (χ1n) is 4.21. The molecule has 0 aliphatic rings. The minimum absolute atomic E-state index is 0.0318. The topological polar surface area (TPSA) is 86.6 Å². The Morgan fingerprint density at radius 1 is 1.36 bits per heavy atom. The Kier molecular flexibility index (Phi) is 4.86. The number of nitrogens with one attached hydrogen (secondary N) is 1. The summed E-state index contributed by atoms with van der Waals surface area (Å²) >= 11 is 0. The monoisotopic (exact) mass is 201 g/mol. The molecule has 0 bridgehead atoms. The van der Waals surface area contributed by atoms with Crippen molar-refractivity contribution in [2.75, 3.05) is 6.61 Å². The molecule has 0 aromatic rings. The Morgan fingerprint density at radius 2 is 1.93 bits per heavy atom. The Morgan fingerprint density at radius 3 is 2.36 bits per heavy atom. The zero-order valence-corrected chi connectivity index (χ0v) is 8.28. The van der Waals surface area contributed by atoms with Gasteiger partial charge in [-0.1, -0.05) is 0 Å². The highest BCUT2D eigenvalue weighted by Gasteiger charge is 2.18. The van der Waals surface area contributed by atoms with Crippen LogP contribution in [0.2, 0.25) is 0 Å². The summed E-state index contributed by atoms with van der Waals surface area (Å²) < 4.78 is 0. The Hall–Kier alpha value is -1.36. The highest BCUT2D eigenvalue weighted by Crippen LogP contribution is 2.06. The summed E-state index contributed by atoms with van der Waals surface area (Å²) in [5.41, 5.74) is -0.533. The maximum atomic E-state index is 11.1. The van der Waals surface area contributed by atoms with Crippen molar-refractivity contribution in [2.24, 2.45) is 0 Å². The summed E-state index contributed by atoms with van der Waals surface area (Å²) in [6, 6.07) is 0. The molecule has 0 rings (SSSR count). The van der Waals surface area contributed by atoms with Crippen LogP contribution in [0, 0.1) is 0 Å². The first-order valence-corrected chi connectivity index (χ1v) is 4.21. The van der Waals surface area contributed by atoms with Gasteiger partial charge >= 0.3 is 5.97 Å². The molecular weight excluding hydrogens is 186 g/mol. The lowest BCUT2D eigenvalue weighted by Crippen LogP contribution is -2.43. The molecule has 0 radical (unpaired) electrons. The molecule has 0 saturated heterocycles. The molecule has 0 aliphatic carbocycles. The highest BCUT2D eigenvalue weighted by atomic mass is 16.4. The number of aliphatic carboxylic acids is 1. The fourth-order valence-corrected chi connectivity index (χ4v) is 0.864. The number of hydrogen-bond donors (Lipinski definition) is 3. The minimum atomic E-state index is -1.17. The van der Waals surface area contributed by atoms with E-state index in [1.807, 2.05) is 0 Å². The van der Waals surface area contributed by atoms with Gasteiger partial charge in [0.25, 0.3) is 0 Å². The minimum Gasteiger partial charge on any atom is -0.478 e. The number of amides is 1. The van der Waals surface area contributed by atoms with Gasteiger partial charge < -0.3 is 15.5 Å². The first kappa shape index (κ1) is 12.6. The Bertz CT molecular complexity index is 245. The lowest BCUT2D eigenvalue weighted by atomic mass is 10.0. The van der Waals surface area contributed by atoms with Crippen molar-refractivity contribution in [1.29, 1.82) is 0 Å². The molecule has 0 spiro atoms. The molecule has 5 nitrogen and oxygen atoms in total. The van der Waals surface area contributed by atoms with E-state index in [2.05, 4.69) is 5.32 Å². The van der Waals surface area contributed by atoms with E-state index in [1.165, 1.54) is 0 Å². The third-order valence-electron chi connectivity index (χ3n) is 1.58. The maximum absolute atomic E-state index is 11.1. The number of carboxylic acids is 1. The van der Waals surface area contributed by atoms with Crippen molar-refractivity contribution >= 4 is 11.9 Å². The molecule has 0 atom stereocenters. The van der Waals surface area contributed by atoms with Crippen LogP contribution < -0.4 is 5.32 Å². The average molecular weight is 201 g/mol. The van der Waals surface area contributed by atoms with E-state index in [1.54, 1.807) is 13.8 Å².